The van der Waals surface area contributed by atoms with Crippen LogP contribution in [0.15, 0.2) is 11.6 Å². The quantitative estimate of drug-likeness (QED) is 0.0467. The molecule has 26 atom stereocenters. The van der Waals surface area contributed by atoms with Gasteiger partial charge in [0.25, 0.3) is 0 Å². The van der Waals surface area contributed by atoms with Gasteiger partial charge in [0, 0.05) is 31.8 Å². The Morgan fingerprint density at radius 3 is 2.00 bits per heavy atom. The fraction of sp³-hybridized carbons (Fsp3) is 0.906. The van der Waals surface area contributed by atoms with Gasteiger partial charge in [-0.1, -0.05) is 53.2 Å². The van der Waals surface area contributed by atoms with Crippen LogP contribution < -0.4 is 0 Å². The summed E-state index contributed by atoms with van der Waals surface area (Å²) in [5.41, 5.74) is -3.33. The number of hydrogen-bond acceptors (Lipinski definition) is 26. The minimum Gasteiger partial charge on any atom is -0.458 e. The predicted octanol–water partition coefficient (Wildman–Crippen LogP) is -0.657. The Morgan fingerprint density at radius 2 is 1.36 bits per heavy atom. The molecule has 0 aromatic rings. The first-order valence-corrected chi connectivity index (χ1v) is 31.0. The number of carbonyl (C=O) groups excluding carboxylic acids is 3. The second-order valence-corrected chi connectivity index (χ2v) is 27.9. The number of carbonyl (C=O) groups is 3. The van der Waals surface area contributed by atoms with Gasteiger partial charge in [-0.25, -0.2) is 8.37 Å². The van der Waals surface area contributed by atoms with E-state index in [1.807, 2.05) is 34.6 Å². The first-order valence-electron chi connectivity index (χ1n) is 28.2. The van der Waals surface area contributed by atoms with Crippen molar-refractivity contribution in [3.8, 4) is 0 Å². The van der Waals surface area contributed by atoms with E-state index in [0.717, 1.165) is 12.7 Å². The molecule has 8 fully saturated rings. The summed E-state index contributed by atoms with van der Waals surface area (Å²) < 4.78 is 137. The maximum Gasteiger partial charge on any atom is 0.397 e. The summed E-state index contributed by atoms with van der Waals surface area (Å²) in [4.78, 5) is 42.0. The normalized spacial score (nSPS) is 48.2. The van der Waals surface area contributed by atoms with Gasteiger partial charge in [-0.2, -0.15) is 16.8 Å². The molecule has 5 aliphatic heterocycles. The highest BCUT2D eigenvalue weighted by molar-refractivity contribution is 7.81. The lowest BCUT2D eigenvalue weighted by Crippen LogP contribution is -2.66. The number of Topliss-reactive ketones (excluding diaryl/α,β-unsaturated/α-hetero) is 2. The predicted molar refractivity (Wildman–Crippen MR) is 276 cm³/mol. The molecule has 474 valence electrons. The summed E-state index contributed by atoms with van der Waals surface area (Å²) in [7, 11) is -9.55. The van der Waals surface area contributed by atoms with Crippen LogP contribution in [0.25, 0.3) is 0 Å². The van der Waals surface area contributed by atoms with Crippen molar-refractivity contribution >= 4 is 38.3 Å². The lowest BCUT2D eigenvalue weighted by molar-refractivity contribution is -0.380. The number of hydrogen-bond donors (Lipinski definition) is 9. The maximum absolute atomic E-state index is 14.4. The zero-order chi connectivity index (χ0) is 61.1. The molecule has 5 heterocycles. The van der Waals surface area contributed by atoms with Crippen LogP contribution in [-0.4, -0.2) is 228 Å². The molecule has 4 aliphatic carbocycles. The van der Waals surface area contributed by atoms with E-state index in [-0.39, 0.29) is 42.2 Å². The lowest BCUT2D eigenvalue weighted by atomic mass is 9.41. The van der Waals surface area contributed by atoms with E-state index in [4.69, 9.17) is 55.7 Å². The fourth-order valence-electron chi connectivity index (χ4n) is 16.1. The number of ether oxygens (including phenoxy) is 10. The van der Waals surface area contributed by atoms with Crippen LogP contribution >= 0.6 is 0 Å². The number of aliphatic hydroxyl groups is 7. The van der Waals surface area contributed by atoms with Gasteiger partial charge < -0.3 is 83.1 Å². The van der Waals surface area contributed by atoms with E-state index in [1.165, 1.54) is 6.92 Å². The van der Waals surface area contributed by atoms with Crippen LogP contribution in [0.5, 0.6) is 0 Å². The van der Waals surface area contributed by atoms with Crippen molar-refractivity contribution in [2.24, 2.45) is 45.3 Å². The zero-order valence-corrected chi connectivity index (χ0v) is 49.4. The van der Waals surface area contributed by atoms with Gasteiger partial charge in [0.15, 0.2) is 31.3 Å². The van der Waals surface area contributed by atoms with Gasteiger partial charge >= 0.3 is 26.8 Å². The first kappa shape index (κ1) is 65.1. The van der Waals surface area contributed by atoms with E-state index in [9.17, 15) is 76.1 Å². The molecule has 5 saturated heterocycles. The zero-order valence-electron chi connectivity index (χ0n) is 47.7. The number of allylic oxidation sites excluding steroid dienone is 2. The van der Waals surface area contributed by atoms with Crippen LogP contribution in [0.3, 0.4) is 0 Å². The number of ketones is 2. The smallest absolute Gasteiger partial charge is 0.397 e. The van der Waals surface area contributed by atoms with E-state index in [2.05, 4.69) is 13.0 Å². The molecule has 1 spiro atoms. The van der Waals surface area contributed by atoms with E-state index >= 15 is 0 Å². The van der Waals surface area contributed by atoms with Gasteiger partial charge in [0.05, 0.1) is 43.4 Å². The number of methoxy groups -OCH3 is 1. The highest BCUT2D eigenvalue weighted by atomic mass is 32.3. The number of fused-ring (bicyclic) bond motifs is 4. The summed E-state index contributed by atoms with van der Waals surface area (Å²) in [5, 5.41) is 77.5. The highest BCUT2D eigenvalue weighted by Crippen LogP contribution is 2.75. The second kappa shape index (κ2) is 23.5. The summed E-state index contributed by atoms with van der Waals surface area (Å²) in [6, 6.07) is 0. The summed E-state index contributed by atoms with van der Waals surface area (Å²) in [6.45, 7) is 13.0. The van der Waals surface area contributed by atoms with Crippen molar-refractivity contribution in [2.45, 2.75) is 229 Å². The van der Waals surface area contributed by atoms with Gasteiger partial charge in [0.2, 0.25) is 0 Å². The molecule has 0 amide bonds. The Balaban J connectivity index is 0.918. The third-order valence-electron chi connectivity index (χ3n) is 19.8. The van der Waals surface area contributed by atoms with Crippen LogP contribution in [0.1, 0.15) is 107 Å². The molecule has 2 unspecified atom stereocenters. The molecule has 0 bridgehead atoms. The maximum atomic E-state index is 14.4. The molecule has 0 radical (unpaired) electrons. The minimum atomic E-state index is -5.46. The first-order chi connectivity index (χ1) is 38.5. The van der Waals surface area contributed by atoms with Crippen molar-refractivity contribution in [3.05, 3.63) is 11.6 Å². The van der Waals surface area contributed by atoms with E-state index in [0.29, 0.717) is 38.5 Å². The SMILES string of the molecule is CO[C@@H]1[C@@H](O)[C@H](O[C@@H]2[C@@H](OS(=O)(=O)O)[C@H](O[C@H]3[C@H](O)[C@@H](O)[C@H](O[C@H]4[C@H](O[C@H]5CC[C@]6(C)C7CC[C@]89C(=O)O[C@@](C)(CC(=O)CC(C)C)[C@H]8C(=O)C[C@@]9(C)C7=CCC6C5(C)C)OC[C@@H](OS(=O)(=O)O)[C@@H]4O)O[C@@H]3C)OC[C@H]2O)O[C@H](CO)[C@H]1O. The van der Waals surface area contributed by atoms with Crippen molar-refractivity contribution in [1.29, 1.82) is 0 Å². The van der Waals surface area contributed by atoms with Crippen molar-refractivity contribution in [2.75, 3.05) is 26.9 Å². The van der Waals surface area contributed by atoms with Crippen molar-refractivity contribution < 1.29 is 132 Å². The van der Waals surface area contributed by atoms with Crippen LogP contribution in [0, 0.1) is 45.3 Å². The average Bonchev–Trinajstić information content (AvgIpc) is 1.58. The average molecular weight is 1230 g/mol. The molecule has 0 aromatic heterocycles. The third kappa shape index (κ3) is 11.7. The van der Waals surface area contributed by atoms with Gasteiger partial charge in [0.1, 0.15) is 90.4 Å². The Bertz CT molecular complexity index is 2670. The molecule has 30 heteroatoms. The monoisotopic (exact) mass is 1230 g/mol. The molecular formula is C53H82O28S2. The fourth-order valence-corrected chi connectivity index (χ4v) is 17.1. The van der Waals surface area contributed by atoms with Gasteiger partial charge in [-0.05, 0) is 74.5 Å². The van der Waals surface area contributed by atoms with Crippen LogP contribution in [0.2, 0.25) is 0 Å². The van der Waals surface area contributed by atoms with Crippen LogP contribution in [0.4, 0.5) is 0 Å². The summed E-state index contributed by atoms with van der Waals surface area (Å²) >= 11 is 0. The molecule has 0 aromatic carbocycles. The topological polar surface area (TPSA) is 412 Å². The molecule has 28 nitrogen and oxygen atoms in total. The molecular weight excluding hydrogens is 1150 g/mol. The standard InChI is InChI=1S/C53H82O28S2/c1-22(2)16-24(55)17-52(8)43-27(56)18-51(7)26-10-11-31-49(4,5)32(13-14-50(31,6)25(26)12-15-53(43,51)48(63)79-52)75-46-41(34(59)30(21-72-46)80-82(64,65)66)78-44-36(61)35(60)38(23(3)73-44)76-47-42(81-83(67,68)69)39(28(57)20-71-47)77-45-37(62)40(70-9)33(58)29(19-54)74-45/h10,22-23,25,28-47,54,57-62H,11-21H2,1-9H3,(H,64,65,66)(H,67,68,69)/t23-,25?,28-,29-,30-,31?,32+,33-,34+,35-,36-,37-,38-,39+,40+,41-,42-,43-,44+,45+,46+,47+,50-,51+,52+,53-/m1/s1. The molecule has 9 N–H and O–H groups in total. The van der Waals surface area contributed by atoms with Gasteiger partial charge in [-0.3, -0.25) is 23.5 Å². The third-order valence-corrected chi connectivity index (χ3v) is 20.8. The molecule has 83 heavy (non-hydrogen) atoms. The molecule has 3 saturated carbocycles. The summed E-state index contributed by atoms with van der Waals surface area (Å²) in [5.74, 6) is -1.42. The Morgan fingerprint density at radius 1 is 0.735 bits per heavy atom. The van der Waals surface area contributed by atoms with Crippen LogP contribution in [-0.2, 0) is 90.9 Å². The lowest BCUT2D eigenvalue weighted by Gasteiger charge is -2.63. The number of rotatable bonds is 18. The number of cyclic esters (lactones) is 1. The van der Waals surface area contributed by atoms with Gasteiger partial charge in [-0.15, -0.1) is 0 Å². The van der Waals surface area contributed by atoms with E-state index < -0.39 is 196 Å². The number of aliphatic hydroxyl groups excluding tert-OH is 7. The van der Waals surface area contributed by atoms with Crippen molar-refractivity contribution in [3.63, 3.8) is 0 Å². The molecule has 9 rings (SSSR count). The Kier molecular flexibility index (Phi) is 18.5. The Labute approximate surface area is 481 Å². The Hall–Kier alpha value is -2.35. The largest absolute Gasteiger partial charge is 0.458 e. The summed E-state index contributed by atoms with van der Waals surface area (Å²) in [6.07, 6.45) is -27.9. The molecule has 9 aliphatic rings. The number of esters is 1. The highest BCUT2D eigenvalue weighted by Gasteiger charge is 2.79. The minimum absolute atomic E-state index is 0.0394. The van der Waals surface area contributed by atoms with Crippen molar-refractivity contribution in [1.82, 2.24) is 0 Å². The van der Waals surface area contributed by atoms with E-state index in [1.54, 1.807) is 6.92 Å². The second-order valence-electron chi connectivity index (χ2n) is 25.8.